The molecule has 0 aliphatic heterocycles. The molecule has 850 valence electrons. The molecule has 0 aliphatic rings. The maximum atomic E-state index is 15.5. The van der Waals surface area contributed by atoms with Gasteiger partial charge in [0.15, 0.2) is 0 Å². The fourth-order valence-corrected chi connectivity index (χ4v) is 17.6. The van der Waals surface area contributed by atoms with Crippen LogP contribution in [-0.2, 0) is 87.9 Å². The Labute approximate surface area is 885 Å². The number of carbonyl (C=O) groups is 17. The molecule has 32 N–H and O–H groups in total. The Kier molecular flexibility index (Phi) is 65.8. The summed E-state index contributed by atoms with van der Waals surface area (Å²) in [7, 11) is 0. The van der Waals surface area contributed by atoms with E-state index in [1.165, 1.54) is 0 Å². The van der Waals surface area contributed by atoms with Crippen molar-refractivity contribution < 1.29 is 86.6 Å². The zero-order valence-electron chi connectivity index (χ0n) is 93.2. The van der Waals surface area contributed by atoms with E-state index in [0.717, 1.165) is 0 Å². The number of fused-ring (bicyclic) bond motifs is 1. The first-order chi connectivity index (χ1) is 70.2. The molecule has 0 radical (unpaired) electrons. The predicted octanol–water partition coefficient (Wildman–Crippen LogP) is 4.11. The summed E-state index contributed by atoms with van der Waals surface area (Å²) < 4.78 is 0. The van der Waals surface area contributed by atoms with Crippen LogP contribution in [-0.4, -0.2) is 253 Å². The summed E-state index contributed by atoms with van der Waals surface area (Å²) in [5.74, 6) is -14.9. The summed E-state index contributed by atoms with van der Waals surface area (Å²) in [5, 5.41) is 55.9. The van der Waals surface area contributed by atoms with Crippen molar-refractivity contribution in [3.8, 4) is 0 Å². The Morgan fingerprint density at radius 3 is 0.597 bits per heavy atom. The Morgan fingerprint density at radius 1 is 0.228 bits per heavy atom. The highest BCUT2D eigenvalue weighted by atomic mass is 16.4. The van der Waals surface area contributed by atoms with Gasteiger partial charge in [0.1, 0.15) is 96.7 Å². The van der Waals surface area contributed by atoms with Crippen molar-refractivity contribution in [2.45, 2.75) is 427 Å². The Hall–Kier alpha value is -10.5. The Bertz CT molecular complexity index is 4410. The van der Waals surface area contributed by atoms with Crippen molar-refractivity contribution in [2.75, 3.05) is 39.3 Å². The lowest BCUT2D eigenvalue weighted by molar-refractivity contribution is -0.142. The van der Waals surface area contributed by atoms with E-state index in [1.807, 2.05) is 157 Å². The molecule has 16 amide bonds. The van der Waals surface area contributed by atoms with Crippen molar-refractivity contribution in [1.29, 1.82) is 0 Å². The van der Waals surface area contributed by atoms with Crippen LogP contribution in [0.5, 0.6) is 0 Å². The molecule has 0 spiro atoms. The van der Waals surface area contributed by atoms with Crippen LogP contribution in [0.1, 0.15) is 324 Å². The topological polar surface area (TPSA) is 701 Å². The molecule has 2 aromatic rings. The quantitative estimate of drug-likeness (QED) is 0.0414. The van der Waals surface area contributed by atoms with Gasteiger partial charge in [-0.1, -0.05) is 157 Å². The molecule has 1 aromatic heterocycles. The second kappa shape index (κ2) is 72.8. The fraction of sp³-hybridized carbons (Fsp3) is 0.766. The average molecular weight is 2100 g/mol. The number of hydrogen-bond donors (Lipinski definition) is 25. The van der Waals surface area contributed by atoms with Crippen LogP contribution in [0.15, 0.2) is 30.5 Å². The lowest BCUT2D eigenvalue weighted by Crippen LogP contribution is -2.61. The largest absolute Gasteiger partial charge is 0.480 e. The van der Waals surface area contributed by atoms with Gasteiger partial charge < -0.3 is 135 Å². The monoisotopic (exact) mass is 2100 g/mol. The van der Waals surface area contributed by atoms with Crippen LogP contribution >= 0.6 is 0 Å². The van der Waals surface area contributed by atoms with E-state index in [1.54, 1.807) is 12.3 Å². The number of aromatic amines is 1. The van der Waals surface area contributed by atoms with Crippen LogP contribution in [0.25, 0.3) is 10.9 Å². The van der Waals surface area contributed by atoms with E-state index < -0.39 is 203 Å². The van der Waals surface area contributed by atoms with Gasteiger partial charge in [0.2, 0.25) is 94.5 Å². The zero-order chi connectivity index (χ0) is 112. The third-order valence-electron chi connectivity index (χ3n) is 25.3. The molecule has 149 heavy (non-hydrogen) atoms. The number of unbranched alkanes of at least 4 members (excludes halogenated alkanes) is 6. The van der Waals surface area contributed by atoms with Gasteiger partial charge in [-0.3, -0.25) is 76.7 Å². The molecule has 2 rings (SSSR count). The lowest BCUT2D eigenvalue weighted by Gasteiger charge is -2.30. The van der Waals surface area contributed by atoms with Gasteiger partial charge in [-0.05, 0) is 290 Å². The molecule has 0 fully saturated rings. The summed E-state index contributed by atoms with van der Waals surface area (Å²) in [6.07, 6.45) is 7.59. The van der Waals surface area contributed by atoms with Crippen molar-refractivity contribution in [1.82, 2.24) is 90.1 Å². The number of carboxylic acids is 1. The van der Waals surface area contributed by atoms with Crippen molar-refractivity contribution in [3.05, 3.63) is 36.0 Å². The van der Waals surface area contributed by atoms with Crippen LogP contribution in [0.4, 0.5) is 0 Å². The van der Waals surface area contributed by atoms with Crippen LogP contribution in [0, 0.1) is 59.2 Å². The van der Waals surface area contributed by atoms with Crippen LogP contribution in [0.2, 0.25) is 0 Å². The molecule has 42 heteroatoms. The Morgan fingerprint density at radius 2 is 0.396 bits per heavy atom. The van der Waals surface area contributed by atoms with Crippen LogP contribution < -0.4 is 125 Å². The molecule has 42 nitrogen and oxygen atoms in total. The van der Waals surface area contributed by atoms with E-state index in [9.17, 15) is 53.1 Å². The van der Waals surface area contributed by atoms with E-state index in [0.29, 0.717) is 107 Å². The number of carboxylic acid groups (broad SMARTS) is 1. The number of rotatable bonds is 79. The Balaban J connectivity index is 2.73. The first-order valence-corrected chi connectivity index (χ1v) is 54.8. The fourth-order valence-electron chi connectivity index (χ4n) is 17.6. The molecule has 1 aromatic carbocycles. The summed E-state index contributed by atoms with van der Waals surface area (Å²) in [5.41, 5.74) is 43.0. The minimum Gasteiger partial charge on any atom is -0.480 e. The van der Waals surface area contributed by atoms with Gasteiger partial charge in [-0.15, -0.1) is 0 Å². The first kappa shape index (κ1) is 135. The maximum Gasteiger partial charge on any atom is 0.326 e. The van der Waals surface area contributed by atoms with Gasteiger partial charge >= 0.3 is 5.97 Å². The van der Waals surface area contributed by atoms with Crippen LogP contribution in [0.3, 0.4) is 0 Å². The molecule has 0 saturated carbocycles. The van der Waals surface area contributed by atoms with E-state index in [2.05, 4.69) is 90.1 Å². The minimum atomic E-state index is -1.49. The molecular formula is C107H194N24O18. The first-order valence-electron chi connectivity index (χ1n) is 54.8. The third kappa shape index (κ3) is 54.3. The number of nitrogens with two attached hydrogens (primary N) is 7. The zero-order valence-corrected chi connectivity index (χ0v) is 93.2. The summed E-state index contributed by atoms with van der Waals surface area (Å²) >= 11 is 0. The molecule has 0 aliphatic carbocycles. The van der Waals surface area contributed by atoms with Gasteiger partial charge in [-0.25, -0.2) is 4.79 Å². The van der Waals surface area contributed by atoms with E-state index in [-0.39, 0.29) is 195 Å². The number of hydrogen-bond acceptors (Lipinski definition) is 24. The number of H-pyrrole nitrogens is 1. The van der Waals surface area contributed by atoms with E-state index >= 15 is 33.6 Å². The molecule has 1 heterocycles. The highest BCUT2D eigenvalue weighted by Gasteiger charge is 2.42. The second-order valence-electron chi connectivity index (χ2n) is 44.5. The lowest BCUT2D eigenvalue weighted by atomic mass is 9.98. The standard InChI is InChI=1S/C107H194N24O18/c1-61(2)49-73(114)91(132)122-81(50-62(3)4)97(138)117-77(39-25-31-45-110)94(135)125-87(56-68(15)16)103(144)130-89(58-70(19)20)104(145)128-83(52-64(7)8)99(140)119-79(41-27-33-47-112)96(137)126-88(57-69(17)18)105(146)131-90(59-71-60-115-74-36-22-21-35-72(71)74)106(147)120-75(37-23-29-43-108)92(133)116-76(38-24-30-44-109)93(134)123-85(54-66(11)12)101(142)127-82(51-63(5)6)98(139)118-78(40-26-32-46-111)95(136)124-86(55-67(13)14)102(143)129-84(53-65(9)10)100(141)121-80(107(148)149)42-28-34-48-113/h21-22,35-36,60-70,73,75-90,115H,23-34,37-59,108-114H2,1-20H3,(H,116,133)(H,117,138)(H,118,139)(H,119,140)(H,120,147)(H,121,141)(H,122,132)(H,123,134)(H,124,136)(H,125,135)(H,126,137)(H,127,142)(H,128,145)(H,129,143)(H,130,144)(H,131,146)(H,148,149)/t73-,75-,76-,77-,78-,79-,80-,81-,82-,83-,84-,85-,86-,87-,88-,89-,90-/m0/s1. The normalized spacial score (nSPS) is 15.2. The molecule has 17 atom stereocenters. The number of benzene rings is 1. The summed E-state index contributed by atoms with van der Waals surface area (Å²) in [6.45, 7) is 38.4. The highest BCUT2D eigenvalue weighted by molar-refractivity contribution is 6.02. The van der Waals surface area contributed by atoms with E-state index in [4.69, 9.17) is 40.1 Å². The SMILES string of the molecule is CC(C)C[C@H](NC(=O)[C@H](CC(C)C)NC(=O)[C@H](CCCCN)NC(=O)[C@H](CC(C)C)NC(=O)[C@H](CC(C)C)NC(=O)[C@H](CCCCN)NC(=O)[C@H](CCCCN)NC(=O)[C@H](Cc1c[nH]c2ccccc12)NC(=O)[C@H](CC(C)C)NC(=O)[C@H](CCCCN)NC(=O)[C@H](CC(C)C)NC(=O)[C@H](CC(C)C)NC(=O)[C@H](CC(C)C)NC(=O)[C@H](CCCCN)NC(=O)[C@H](CC(C)C)NC(=O)[C@@H](N)CC(C)C)C(=O)N[C@@H](CCCCN)C(=O)O. The number of aliphatic carboxylic acids is 1. The second-order valence-corrected chi connectivity index (χ2v) is 44.5. The van der Waals surface area contributed by atoms with Gasteiger partial charge in [0, 0.05) is 23.5 Å². The molecular weight excluding hydrogens is 1910 g/mol. The summed E-state index contributed by atoms with van der Waals surface area (Å²) in [4.78, 5) is 252. The molecule has 0 bridgehead atoms. The van der Waals surface area contributed by atoms with Gasteiger partial charge in [-0.2, -0.15) is 0 Å². The predicted molar refractivity (Wildman–Crippen MR) is 580 cm³/mol. The van der Waals surface area contributed by atoms with Gasteiger partial charge in [0.25, 0.3) is 0 Å². The number of aromatic nitrogens is 1. The third-order valence-corrected chi connectivity index (χ3v) is 25.3. The van der Waals surface area contributed by atoms with Crippen molar-refractivity contribution in [3.63, 3.8) is 0 Å². The number of nitrogens with one attached hydrogen (secondary N) is 17. The average Bonchev–Trinajstić information content (AvgIpc) is 1.69. The van der Waals surface area contributed by atoms with Crippen molar-refractivity contribution >= 4 is 111 Å². The number of para-hydroxylation sites is 1. The minimum absolute atomic E-state index is 0.00427. The number of carbonyl (C=O) groups excluding carboxylic acids is 16. The molecule has 0 saturated heterocycles. The van der Waals surface area contributed by atoms with Gasteiger partial charge in [0.05, 0.1) is 6.04 Å². The number of amides is 16. The molecule has 0 unspecified atom stereocenters. The maximum absolute atomic E-state index is 15.5. The summed E-state index contributed by atoms with van der Waals surface area (Å²) in [6, 6.07) is -14.3. The van der Waals surface area contributed by atoms with Crippen molar-refractivity contribution in [2.24, 2.45) is 99.3 Å². The highest BCUT2D eigenvalue weighted by Crippen LogP contribution is 2.24. The smallest absolute Gasteiger partial charge is 0.326 e.